The molecule has 29 heavy (non-hydrogen) atoms. The fourth-order valence-electron chi connectivity index (χ4n) is 3.24. The van der Waals surface area contributed by atoms with Gasteiger partial charge in [0.2, 0.25) is 5.91 Å². The normalized spacial score (nSPS) is 14.4. The standard InChI is InChI=1S/C23H29N3O3/c1-2-12-24-22(27)17-25-13-15-26(16-14-25)23(28)20-10-8-19(9-11-20)18-29-21-6-4-3-5-7-21/h3-11H,2,12-18H2,1H3,(H,24,27). The Morgan fingerprint density at radius 3 is 2.31 bits per heavy atom. The fraction of sp³-hybridized carbons (Fsp3) is 0.391. The van der Waals surface area contributed by atoms with Crippen LogP contribution in [0.3, 0.4) is 0 Å². The van der Waals surface area contributed by atoms with Crippen molar-refractivity contribution < 1.29 is 14.3 Å². The molecule has 1 saturated heterocycles. The Hall–Kier alpha value is -2.86. The van der Waals surface area contributed by atoms with Crippen LogP contribution in [0.25, 0.3) is 0 Å². The van der Waals surface area contributed by atoms with Crippen molar-refractivity contribution in [3.63, 3.8) is 0 Å². The number of carbonyl (C=O) groups is 2. The third-order valence-corrected chi connectivity index (χ3v) is 4.95. The maximum Gasteiger partial charge on any atom is 0.253 e. The first-order valence-electron chi connectivity index (χ1n) is 10.2. The number of ether oxygens (including phenoxy) is 1. The lowest BCUT2D eigenvalue weighted by Gasteiger charge is -2.34. The molecule has 6 heteroatoms. The summed E-state index contributed by atoms with van der Waals surface area (Å²) >= 11 is 0. The number of carbonyl (C=O) groups excluding carboxylic acids is 2. The molecule has 1 heterocycles. The average molecular weight is 396 g/mol. The molecule has 154 valence electrons. The molecular weight excluding hydrogens is 366 g/mol. The van der Waals surface area contributed by atoms with E-state index in [4.69, 9.17) is 4.74 Å². The Bertz CT molecular complexity index is 785. The molecular formula is C23H29N3O3. The van der Waals surface area contributed by atoms with E-state index in [1.54, 1.807) is 0 Å². The Labute approximate surface area is 172 Å². The van der Waals surface area contributed by atoms with Crippen LogP contribution in [0.4, 0.5) is 0 Å². The summed E-state index contributed by atoms with van der Waals surface area (Å²) in [4.78, 5) is 28.5. The quantitative estimate of drug-likeness (QED) is 0.746. The van der Waals surface area contributed by atoms with Gasteiger partial charge in [-0.15, -0.1) is 0 Å². The summed E-state index contributed by atoms with van der Waals surface area (Å²) in [5.41, 5.74) is 1.70. The zero-order valence-electron chi connectivity index (χ0n) is 17.0. The van der Waals surface area contributed by atoms with Gasteiger partial charge in [-0.2, -0.15) is 0 Å². The maximum atomic E-state index is 12.8. The number of nitrogens with zero attached hydrogens (tertiary/aromatic N) is 2. The highest BCUT2D eigenvalue weighted by atomic mass is 16.5. The highest BCUT2D eigenvalue weighted by Crippen LogP contribution is 2.14. The van der Waals surface area contributed by atoms with E-state index in [1.807, 2.05) is 66.4 Å². The number of benzene rings is 2. The SMILES string of the molecule is CCCNC(=O)CN1CCN(C(=O)c2ccc(COc3ccccc3)cc2)CC1. The van der Waals surface area contributed by atoms with Crippen LogP contribution < -0.4 is 10.1 Å². The molecule has 0 bridgehead atoms. The van der Waals surface area contributed by atoms with Gasteiger partial charge in [0, 0.05) is 38.3 Å². The minimum Gasteiger partial charge on any atom is -0.489 e. The second-order valence-corrected chi connectivity index (χ2v) is 7.22. The predicted octanol–water partition coefficient (Wildman–Crippen LogP) is 2.55. The number of hydrogen-bond donors (Lipinski definition) is 1. The summed E-state index contributed by atoms with van der Waals surface area (Å²) in [6, 6.07) is 17.3. The van der Waals surface area contributed by atoms with E-state index in [-0.39, 0.29) is 11.8 Å². The number of hydrogen-bond acceptors (Lipinski definition) is 4. The van der Waals surface area contributed by atoms with Crippen LogP contribution in [-0.4, -0.2) is 60.9 Å². The van der Waals surface area contributed by atoms with E-state index < -0.39 is 0 Å². The van der Waals surface area contributed by atoms with Crippen molar-refractivity contribution >= 4 is 11.8 Å². The van der Waals surface area contributed by atoms with Gasteiger partial charge < -0.3 is 15.0 Å². The maximum absolute atomic E-state index is 12.8. The second-order valence-electron chi connectivity index (χ2n) is 7.22. The molecule has 2 aromatic rings. The van der Waals surface area contributed by atoms with E-state index in [2.05, 4.69) is 10.2 Å². The van der Waals surface area contributed by atoms with Crippen molar-refractivity contribution in [2.24, 2.45) is 0 Å². The minimum atomic E-state index is 0.0376. The lowest BCUT2D eigenvalue weighted by atomic mass is 10.1. The Kier molecular flexibility index (Phi) is 7.64. The summed E-state index contributed by atoms with van der Waals surface area (Å²) in [7, 11) is 0. The second kappa shape index (κ2) is 10.6. The first-order valence-corrected chi connectivity index (χ1v) is 10.2. The lowest BCUT2D eigenvalue weighted by Crippen LogP contribution is -2.51. The third-order valence-electron chi connectivity index (χ3n) is 4.95. The molecule has 0 saturated carbocycles. The molecule has 2 aromatic carbocycles. The topological polar surface area (TPSA) is 61.9 Å². The van der Waals surface area contributed by atoms with Crippen LogP contribution in [0.5, 0.6) is 5.75 Å². The molecule has 0 aliphatic carbocycles. The van der Waals surface area contributed by atoms with Crippen LogP contribution in [0.2, 0.25) is 0 Å². The molecule has 1 aliphatic heterocycles. The average Bonchev–Trinajstić information content (AvgIpc) is 2.77. The van der Waals surface area contributed by atoms with Crippen LogP contribution in [-0.2, 0) is 11.4 Å². The summed E-state index contributed by atoms with van der Waals surface area (Å²) in [5, 5.41) is 2.89. The van der Waals surface area contributed by atoms with Gasteiger partial charge in [-0.3, -0.25) is 14.5 Å². The van der Waals surface area contributed by atoms with Gasteiger partial charge in [-0.05, 0) is 36.2 Å². The van der Waals surface area contributed by atoms with E-state index in [1.165, 1.54) is 0 Å². The number of nitrogens with one attached hydrogen (secondary N) is 1. The minimum absolute atomic E-state index is 0.0376. The van der Waals surface area contributed by atoms with Crippen LogP contribution in [0.15, 0.2) is 54.6 Å². The number of amides is 2. The first-order chi connectivity index (χ1) is 14.2. The van der Waals surface area contributed by atoms with Crippen molar-refractivity contribution in [1.29, 1.82) is 0 Å². The smallest absolute Gasteiger partial charge is 0.253 e. The molecule has 0 unspecified atom stereocenters. The first kappa shape index (κ1) is 20.9. The van der Waals surface area contributed by atoms with Crippen molar-refractivity contribution in [3.05, 3.63) is 65.7 Å². The molecule has 3 rings (SSSR count). The summed E-state index contributed by atoms with van der Waals surface area (Å²) < 4.78 is 5.74. The molecule has 1 aliphatic rings. The molecule has 1 N–H and O–H groups in total. The van der Waals surface area contributed by atoms with Gasteiger partial charge in [0.15, 0.2) is 0 Å². The number of piperazine rings is 1. The largest absolute Gasteiger partial charge is 0.489 e. The lowest BCUT2D eigenvalue weighted by molar-refractivity contribution is -0.122. The Balaban J connectivity index is 1.45. The summed E-state index contributed by atoms with van der Waals surface area (Å²) in [6.07, 6.45) is 0.936. The Morgan fingerprint density at radius 2 is 1.66 bits per heavy atom. The number of rotatable bonds is 8. The zero-order valence-corrected chi connectivity index (χ0v) is 17.0. The van der Waals surface area contributed by atoms with Crippen molar-refractivity contribution in [3.8, 4) is 5.75 Å². The Morgan fingerprint density at radius 1 is 0.966 bits per heavy atom. The summed E-state index contributed by atoms with van der Waals surface area (Å²) in [6.45, 7) is 6.33. The molecule has 2 amide bonds. The van der Waals surface area contributed by atoms with E-state index in [0.29, 0.717) is 51.4 Å². The van der Waals surface area contributed by atoms with Gasteiger partial charge in [-0.25, -0.2) is 0 Å². The molecule has 6 nitrogen and oxygen atoms in total. The number of para-hydroxylation sites is 1. The van der Waals surface area contributed by atoms with Gasteiger partial charge in [0.25, 0.3) is 5.91 Å². The van der Waals surface area contributed by atoms with Crippen molar-refractivity contribution in [2.75, 3.05) is 39.3 Å². The molecule has 0 aromatic heterocycles. The van der Waals surface area contributed by atoms with Gasteiger partial charge in [0.05, 0.1) is 6.54 Å². The zero-order chi connectivity index (χ0) is 20.5. The van der Waals surface area contributed by atoms with E-state index in [9.17, 15) is 9.59 Å². The highest BCUT2D eigenvalue weighted by molar-refractivity contribution is 5.94. The molecule has 0 atom stereocenters. The van der Waals surface area contributed by atoms with Gasteiger partial charge in [0.1, 0.15) is 12.4 Å². The third kappa shape index (κ3) is 6.32. The van der Waals surface area contributed by atoms with E-state index >= 15 is 0 Å². The predicted molar refractivity (Wildman–Crippen MR) is 113 cm³/mol. The van der Waals surface area contributed by atoms with Crippen molar-refractivity contribution in [2.45, 2.75) is 20.0 Å². The van der Waals surface area contributed by atoms with Crippen LogP contribution in [0, 0.1) is 0 Å². The fourth-order valence-corrected chi connectivity index (χ4v) is 3.24. The highest BCUT2D eigenvalue weighted by Gasteiger charge is 2.23. The molecule has 0 radical (unpaired) electrons. The van der Waals surface area contributed by atoms with Crippen molar-refractivity contribution in [1.82, 2.24) is 15.1 Å². The molecule has 0 spiro atoms. The monoisotopic (exact) mass is 395 g/mol. The van der Waals surface area contributed by atoms with Crippen LogP contribution >= 0.6 is 0 Å². The molecule has 1 fully saturated rings. The van der Waals surface area contributed by atoms with Gasteiger partial charge in [-0.1, -0.05) is 37.3 Å². The van der Waals surface area contributed by atoms with E-state index in [0.717, 1.165) is 17.7 Å². The van der Waals surface area contributed by atoms with Crippen LogP contribution in [0.1, 0.15) is 29.3 Å². The van der Waals surface area contributed by atoms with Gasteiger partial charge >= 0.3 is 0 Å². The summed E-state index contributed by atoms with van der Waals surface area (Å²) in [5.74, 6) is 0.921.